The van der Waals surface area contributed by atoms with Crippen molar-refractivity contribution in [3.8, 4) is 0 Å². The summed E-state index contributed by atoms with van der Waals surface area (Å²) in [5, 5.41) is 0. The fourth-order valence-corrected chi connectivity index (χ4v) is 3.32. The molecule has 20 heavy (non-hydrogen) atoms. The van der Waals surface area contributed by atoms with Gasteiger partial charge >= 0.3 is 0 Å². The maximum absolute atomic E-state index is 12.3. The molecular formula is C15H22BrN3O. The van der Waals surface area contributed by atoms with E-state index in [2.05, 4.69) is 33.0 Å². The van der Waals surface area contributed by atoms with Crippen LogP contribution in [0.25, 0.3) is 0 Å². The number of hydrogen-bond donors (Lipinski definition) is 1. The molecule has 1 aliphatic rings. The Labute approximate surface area is 129 Å². The summed E-state index contributed by atoms with van der Waals surface area (Å²) in [5.41, 5.74) is 7.16. The van der Waals surface area contributed by atoms with Gasteiger partial charge in [0.2, 0.25) is 5.91 Å². The van der Waals surface area contributed by atoms with E-state index in [9.17, 15) is 4.79 Å². The topological polar surface area (TPSA) is 49.6 Å². The van der Waals surface area contributed by atoms with Crippen LogP contribution in [0.2, 0.25) is 0 Å². The maximum atomic E-state index is 12.3. The van der Waals surface area contributed by atoms with Crippen molar-refractivity contribution in [3.63, 3.8) is 0 Å². The Morgan fingerprint density at radius 3 is 2.90 bits per heavy atom. The molecule has 0 radical (unpaired) electrons. The van der Waals surface area contributed by atoms with Crippen LogP contribution in [0.15, 0.2) is 28.7 Å². The van der Waals surface area contributed by atoms with Gasteiger partial charge in [0.25, 0.3) is 0 Å². The molecule has 1 saturated heterocycles. The van der Waals surface area contributed by atoms with Crippen LogP contribution in [0.1, 0.15) is 24.4 Å². The molecule has 0 spiro atoms. The third-order valence-electron chi connectivity index (χ3n) is 3.88. The SMILES string of the molecule is CN(C)C(=O)C1CCCN1C(CN)c1cccc(Br)c1. The lowest BCUT2D eigenvalue weighted by Gasteiger charge is -2.33. The Balaban J connectivity index is 2.24. The zero-order valence-electron chi connectivity index (χ0n) is 12.1. The van der Waals surface area contributed by atoms with Crippen LogP contribution in [0.4, 0.5) is 0 Å². The van der Waals surface area contributed by atoms with Gasteiger partial charge in [-0.05, 0) is 37.1 Å². The van der Waals surface area contributed by atoms with Gasteiger partial charge in [0.1, 0.15) is 0 Å². The molecule has 1 aromatic rings. The number of carbonyl (C=O) groups excluding carboxylic acids is 1. The predicted octanol–water partition coefficient (Wildman–Crippen LogP) is 2.00. The third-order valence-corrected chi connectivity index (χ3v) is 4.37. The van der Waals surface area contributed by atoms with Crippen LogP contribution in [0.3, 0.4) is 0 Å². The van der Waals surface area contributed by atoms with E-state index < -0.39 is 0 Å². The predicted molar refractivity (Wildman–Crippen MR) is 84.4 cm³/mol. The Hall–Kier alpha value is -0.910. The smallest absolute Gasteiger partial charge is 0.239 e. The van der Waals surface area contributed by atoms with Crippen LogP contribution in [-0.2, 0) is 4.79 Å². The molecule has 1 aliphatic heterocycles. The second-order valence-corrected chi connectivity index (χ2v) is 6.35. The molecule has 0 aliphatic carbocycles. The molecule has 1 fully saturated rings. The van der Waals surface area contributed by atoms with Crippen molar-refractivity contribution in [1.82, 2.24) is 9.80 Å². The molecule has 2 unspecified atom stereocenters. The first-order valence-corrected chi connectivity index (χ1v) is 7.76. The Bertz CT molecular complexity index is 478. The van der Waals surface area contributed by atoms with Gasteiger partial charge in [0.15, 0.2) is 0 Å². The molecule has 1 heterocycles. The Morgan fingerprint density at radius 2 is 2.30 bits per heavy atom. The van der Waals surface area contributed by atoms with Crippen molar-refractivity contribution >= 4 is 21.8 Å². The van der Waals surface area contributed by atoms with Crippen LogP contribution < -0.4 is 5.73 Å². The molecular weight excluding hydrogens is 318 g/mol. The maximum Gasteiger partial charge on any atom is 0.239 e. The molecule has 0 saturated carbocycles. The van der Waals surface area contributed by atoms with Crippen molar-refractivity contribution in [2.75, 3.05) is 27.2 Å². The minimum absolute atomic E-state index is 0.0440. The molecule has 110 valence electrons. The van der Waals surface area contributed by atoms with Gasteiger partial charge < -0.3 is 10.6 Å². The number of rotatable bonds is 4. The van der Waals surface area contributed by atoms with E-state index in [4.69, 9.17) is 5.73 Å². The molecule has 2 atom stereocenters. The van der Waals surface area contributed by atoms with Gasteiger partial charge in [-0.2, -0.15) is 0 Å². The molecule has 0 aromatic heterocycles. The molecule has 2 N–H and O–H groups in total. The monoisotopic (exact) mass is 339 g/mol. The number of benzene rings is 1. The standard InChI is InChI=1S/C15H22BrN3O/c1-18(2)15(20)13-7-4-8-19(13)14(10-17)11-5-3-6-12(16)9-11/h3,5-6,9,13-14H,4,7-8,10,17H2,1-2H3. The van der Waals surface area contributed by atoms with Crippen molar-refractivity contribution in [2.24, 2.45) is 5.73 Å². The normalized spacial score (nSPS) is 20.9. The van der Waals surface area contributed by atoms with E-state index in [1.54, 1.807) is 4.90 Å². The van der Waals surface area contributed by atoms with Gasteiger partial charge in [-0.1, -0.05) is 28.1 Å². The average molecular weight is 340 g/mol. The first-order chi connectivity index (χ1) is 9.54. The van der Waals surface area contributed by atoms with Gasteiger partial charge in [0.05, 0.1) is 6.04 Å². The number of carbonyl (C=O) groups is 1. The Kier molecular flexibility index (Phi) is 5.18. The highest BCUT2D eigenvalue weighted by Gasteiger charge is 2.36. The molecule has 1 amide bonds. The van der Waals surface area contributed by atoms with Crippen LogP contribution in [-0.4, -0.2) is 48.9 Å². The molecule has 0 bridgehead atoms. The van der Waals surface area contributed by atoms with Crippen LogP contribution >= 0.6 is 15.9 Å². The van der Waals surface area contributed by atoms with Crippen LogP contribution in [0, 0.1) is 0 Å². The van der Waals surface area contributed by atoms with Crippen molar-refractivity contribution < 1.29 is 4.79 Å². The van der Waals surface area contributed by atoms with Crippen molar-refractivity contribution in [1.29, 1.82) is 0 Å². The third kappa shape index (κ3) is 3.22. The number of hydrogen-bond acceptors (Lipinski definition) is 3. The molecule has 2 rings (SSSR count). The molecule has 4 nitrogen and oxygen atoms in total. The van der Waals surface area contributed by atoms with Crippen molar-refractivity contribution in [2.45, 2.75) is 24.9 Å². The highest BCUT2D eigenvalue weighted by Crippen LogP contribution is 2.30. The van der Waals surface area contributed by atoms with E-state index in [0.29, 0.717) is 6.54 Å². The number of likely N-dealkylation sites (tertiary alicyclic amines) is 1. The van der Waals surface area contributed by atoms with Crippen molar-refractivity contribution in [3.05, 3.63) is 34.3 Å². The second kappa shape index (κ2) is 6.70. The minimum atomic E-state index is -0.0440. The lowest BCUT2D eigenvalue weighted by atomic mass is 10.0. The molecule has 1 aromatic carbocycles. The summed E-state index contributed by atoms with van der Waals surface area (Å²) >= 11 is 3.50. The number of nitrogens with zero attached hydrogens (tertiary/aromatic N) is 2. The fraction of sp³-hybridized carbons (Fsp3) is 0.533. The quantitative estimate of drug-likeness (QED) is 0.912. The summed E-state index contributed by atoms with van der Waals surface area (Å²) in [4.78, 5) is 16.2. The summed E-state index contributed by atoms with van der Waals surface area (Å²) in [5.74, 6) is 0.177. The van der Waals surface area contributed by atoms with E-state index >= 15 is 0 Å². The van der Waals surface area contributed by atoms with Gasteiger partial charge in [0, 0.05) is 31.2 Å². The lowest BCUT2D eigenvalue weighted by Crippen LogP contribution is -2.46. The fourth-order valence-electron chi connectivity index (χ4n) is 2.90. The van der Waals surface area contributed by atoms with Gasteiger partial charge in [-0.25, -0.2) is 0 Å². The number of amides is 1. The number of halogens is 1. The van der Waals surface area contributed by atoms with E-state index in [-0.39, 0.29) is 18.0 Å². The van der Waals surface area contributed by atoms with E-state index in [0.717, 1.165) is 23.9 Å². The minimum Gasteiger partial charge on any atom is -0.347 e. The van der Waals surface area contributed by atoms with Crippen LogP contribution in [0.5, 0.6) is 0 Å². The summed E-state index contributed by atoms with van der Waals surface area (Å²) in [6.45, 7) is 1.45. The second-order valence-electron chi connectivity index (χ2n) is 5.44. The average Bonchev–Trinajstić information content (AvgIpc) is 2.88. The summed E-state index contributed by atoms with van der Waals surface area (Å²) in [7, 11) is 3.63. The zero-order chi connectivity index (χ0) is 14.7. The van der Waals surface area contributed by atoms with Gasteiger partial charge in [-0.3, -0.25) is 9.69 Å². The highest BCUT2D eigenvalue weighted by molar-refractivity contribution is 9.10. The van der Waals surface area contributed by atoms with E-state index in [1.807, 2.05) is 26.2 Å². The summed E-state index contributed by atoms with van der Waals surface area (Å²) < 4.78 is 1.04. The summed E-state index contributed by atoms with van der Waals surface area (Å²) in [6, 6.07) is 8.25. The van der Waals surface area contributed by atoms with E-state index in [1.165, 1.54) is 5.56 Å². The Morgan fingerprint density at radius 1 is 1.55 bits per heavy atom. The highest BCUT2D eigenvalue weighted by atomic mass is 79.9. The number of likely N-dealkylation sites (N-methyl/N-ethyl adjacent to an activating group) is 1. The first-order valence-electron chi connectivity index (χ1n) is 6.97. The first kappa shape index (κ1) is 15.5. The number of nitrogens with two attached hydrogens (primary N) is 1. The zero-order valence-corrected chi connectivity index (χ0v) is 13.6. The lowest BCUT2D eigenvalue weighted by molar-refractivity contribution is -0.134. The molecule has 5 heteroatoms. The van der Waals surface area contributed by atoms with Gasteiger partial charge in [-0.15, -0.1) is 0 Å². The largest absolute Gasteiger partial charge is 0.347 e. The summed E-state index contributed by atoms with van der Waals surface area (Å²) in [6.07, 6.45) is 1.97.